The van der Waals surface area contributed by atoms with Gasteiger partial charge in [0.1, 0.15) is 0 Å². The van der Waals surface area contributed by atoms with E-state index in [2.05, 4.69) is 17.5 Å². The maximum atomic E-state index is 13.3. The van der Waals surface area contributed by atoms with Crippen molar-refractivity contribution in [3.63, 3.8) is 0 Å². The molecule has 1 saturated heterocycles. The predicted octanol–water partition coefficient (Wildman–Crippen LogP) is 4.54. The first-order valence-corrected chi connectivity index (χ1v) is 12.0. The Morgan fingerprint density at radius 2 is 1.55 bits per heavy atom. The number of hydrogen-bond acceptors (Lipinski definition) is 3. The second-order valence-corrected chi connectivity index (χ2v) is 10.7. The standard InChI is InChI=1S/C24H24Cl2N2O3/c25-12-3-8-18(26)19(9-12)27-22(29)11-1-4-13(5-2-11)28-23(30)20-14-6-7-15(17-10-16(14)17)21(20)24(28)31/h3,6-9,11,13-17,20-21H,1-2,4-5,10H2,(H,27,29)/t11?,13?,14-,15-,16-,17+,20+,21+/m0/s1. The highest BCUT2D eigenvalue weighted by Crippen LogP contribution is 2.65. The highest BCUT2D eigenvalue weighted by atomic mass is 35.5. The van der Waals surface area contributed by atoms with Crippen molar-refractivity contribution in [1.82, 2.24) is 4.90 Å². The summed E-state index contributed by atoms with van der Waals surface area (Å²) in [6.45, 7) is 0. The van der Waals surface area contributed by atoms with Crippen LogP contribution in [0.2, 0.25) is 10.0 Å². The van der Waals surface area contributed by atoms with Crippen LogP contribution in [0.1, 0.15) is 32.1 Å². The lowest BCUT2D eigenvalue weighted by Gasteiger charge is -2.37. The van der Waals surface area contributed by atoms with Gasteiger partial charge >= 0.3 is 0 Å². The Balaban J connectivity index is 1.12. The molecule has 6 aliphatic rings. The van der Waals surface area contributed by atoms with E-state index in [1.54, 1.807) is 23.1 Å². The maximum Gasteiger partial charge on any atom is 0.233 e. The number of hydrogen-bond donors (Lipinski definition) is 1. The van der Waals surface area contributed by atoms with E-state index in [4.69, 9.17) is 23.2 Å². The number of rotatable bonds is 3. The van der Waals surface area contributed by atoms with Crippen molar-refractivity contribution >= 4 is 46.6 Å². The number of benzene rings is 1. The van der Waals surface area contributed by atoms with E-state index in [0.717, 1.165) is 0 Å². The Labute approximate surface area is 191 Å². The first-order chi connectivity index (χ1) is 14.9. The van der Waals surface area contributed by atoms with Gasteiger partial charge in [0, 0.05) is 17.0 Å². The minimum absolute atomic E-state index is 0.0401. The zero-order valence-corrected chi connectivity index (χ0v) is 18.5. The Kier molecular flexibility index (Phi) is 4.52. The molecule has 1 aromatic rings. The fourth-order valence-electron chi connectivity index (χ4n) is 6.76. The molecule has 1 aliphatic heterocycles. The summed E-state index contributed by atoms with van der Waals surface area (Å²) < 4.78 is 0. The van der Waals surface area contributed by atoms with Gasteiger partial charge in [-0.05, 0) is 74.0 Å². The van der Waals surface area contributed by atoms with E-state index in [0.29, 0.717) is 53.3 Å². The summed E-state index contributed by atoms with van der Waals surface area (Å²) in [6, 6.07) is 4.90. The van der Waals surface area contributed by atoms with Crippen LogP contribution >= 0.6 is 23.2 Å². The summed E-state index contributed by atoms with van der Waals surface area (Å²) in [4.78, 5) is 40.9. The zero-order chi connectivity index (χ0) is 21.4. The van der Waals surface area contributed by atoms with Crippen LogP contribution in [-0.2, 0) is 14.4 Å². The Morgan fingerprint density at radius 3 is 2.16 bits per heavy atom. The van der Waals surface area contributed by atoms with Crippen LogP contribution in [0, 0.1) is 41.4 Å². The molecule has 0 spiro atoms. The summed E-state index contributed by atoms with van der Waals surface area (Å²) in [5.41, 5.74) is 0.511. The van der Waals surface area contributed by atoms with Gasteiger partial charge in [0.15, 0.2) is 0 Å². The van der Waals surface area contributed by atoms with Crippen LogP contribution in [0.15, 0.2) is 30.4 Å². The second kappa shape index (κ2) is 7.08. The number of amides is 3. The second-order valence-electron chi connectivity index (χ2n) is 9.82. The molecule has 162 valence electrons. The van der Waals surface area contributed by atoms with Gasteiger partial charge in [0.05, 0.1) is 22.5 Å². The number of allylic oxidation sites excluding steroid dienone is 2. The van der Waals surface area contributed by atoms with Crippen LogP contribution in [0.4, 0.5) is 5.69 Å². The number of nitrogens with zero attached hydrogens (tertiary/aromatic N) is 1. The summed E-state index contributed by atoms with van der Waals surface area (Å²) >= 11 is 12.2. The van der Waals surface area contributed by atoms with E-state index in [-0.39, 0.29) is 53.4 Å². The number of carbonyl (C=O) groups is 3. The summed E-state index contributed by atoms with van der Waals surface area (Å²) in [5, 5.41) is 3.84. The average Bonchev–Trinajstić information content (AvgIpc) is 3.54. The molecule has 0 radical (unpaired) electrons. The predicted molar refractivity (Wildman–Crippen MR) is 117 cm³/mol. The van der Waals surface area contributed by atoms with Gasteiger partial charge in [-0.2, -0.15) is 0 Å². The molecule has 0 unspecified atom stereocenters. The largest absolute Gasteiger partial charge is 0.324 e. The molecule has 1 heterocycles. The Hall–Kier alpha value is -1.85. The van der Waals surface area contributed by atoms with Crippen molar-refractivity contribution < 1.29 is 14.4 Å². The quantitative estimate of drug-likeness (QED) is 0.533. The lowest BCUT2D eigenvalue weighted by Crippen LogP contribution is -2.44. The number of nitrogens with one attached hydrogen (secondary N) is 1. The van der Waals surface area contributed by atoms with Crippen molar-refractivity contribution in [3.8, 4) is 0 Å². The Bertz CT molecular complexity index is 980. The van der Waals surface area contributed by atoms with Gasteiger partial charge in [-0.3, -0.25) is 19.3 Å². The molecule has 0 aromatic heterocycles. The number of likely N-dealkylation sites (tertiary alicyclic amines) is 1. The van der Waals surface area contributed by atoms with Gasteiger partial charge in [0.2, 0.25) is 17.7 Å². The molecule has 4 fully saturated rings. The van der Waals surface area contributed by atoms with E-state index >= 15 is 0 Å². The van der Waals surface area contributed by atoms with E-state index in [1.165, 1.54) is 6.42 Å². The summed E-state index contributed by atoms with van der Waals surface area (Å²) in [6.07, 6.45) is 8.23. The smallest absolute Gasteiger partial charge is 0.233 e. The monoisotopic (exact) mass is 458 g/mol. The highest BCUT2D eigenvalue weighted by molar-refractivity contribution is 6.35. The minimum Gasteiger partial charge on any atom is -0.324 e. The fraction of sp³-hybridized carbons (Fsp3) is 0.542. The van der Waals surface area contributed by atoms with Gasteiger partial charge in [-0.25, -0.2) is 0 Å². The van der Waals surface area contributed by atoms with Crippen LogP contribution < -0.4 is 5.32 Å². The van der Waals surface area contributed by atoms with Crippen molar-refractivity contribution in [1.29, 1.82) is 0 Å². The fourth-order valence-corrected chi connectivity index (χ4v) is 7.10. The molecule has 7 heteroatoms. The van der Waals surface area contributed by atoms with Crippen molar-refractivity contribution in [2.75, 3.05) is 5.32 Å². The molecular weight excluding hydrogens is 435 g/mol. The zero-order valence-electron chi connectivity index (χ0n) is 17.0. The Morgan fingerprint density at radius 1 is 0.935 bits per heavy atom. The first-order valence-electron chi connectivity index (χ1n) is 11.2. The van der Waals surface area contributed by atoms with Crippen LogP contribution in [-0.4, -0.2) is 28.7 Å². The molecule has 6 atom stereocenters. The third-order valence-electron chi connectivity index (χ3n) is 8.32. The van der Waals surface area contributed by atoms with Crippen molar-refractivity contribution in [3.05, 3.63) is 40.4 Å². The minimum atomic E-state index is -0.160. The number of imide groups is 1. The summed E-state index contributed by atoms with van der Waals surface area (Å²) in [5.74, 6) is 1.30. The maximum absolute atomic E-state index is 13.3. The normalized spacial score (nSPS) is 40.0. The number of anilines is 1. The lowest BCUT2D eigenvalue weighted by atomic mass is 9.63. The topological polar surface area (TPSA) is 66.5 Å². The highest BCUT2D eigenvalue weighted by Gasteiger charge is 2.67. The molecule has 5 nitrogen and oxygen atoms in total. The molecule has 7 rings (SSSR count). The third-order valence-corrected chi connectivity index (χ3v) is 8.88. The van der Waals surface area contributed by atoms with Crippen LogP contribution in [0.3, 0.4) is 0 Å². The molecule has 3 amide bonds. The SMILES string of the molecule is O=C(Nc1cc(Cl)ccc1Cl)C1CCC(N2C(=O)[C@@H]3[C@H]4C=C[C@@H]([C@@H]5C[C@H]45)[C@H]3C2=O)CC1. The van der Waals surface area contributed by atoms with E-state index < -0.39 is 0 Å². The lowest BCUT2D eigenvalue weighted by molar-refractivity contribution is -0.144. The van der Waals surface area contributed by atoms with Crippen molar-refractivity contribution in [2.45, 2.75) is 38.1 Å². The molecular formula is C24H24Cl2N2O3. The van der Waals surface area contributed by atoms with Gasteiger partial charge in [-0.1, -0.05) is 35.4 Å². The van der Waals surface area contributed by atoms with E-state index in [1.807, 2.05) is 0 Å². The molecule has 1 N–H and O–H groups in total. The third kappa shape index (κ3) is 3.00. The van der Waals surface area contributed by atoms with Gasteiger partial charge in [-0.15, -0.1) is 0 Å². The number of halogens is 2. The van der Waals surface area contributed by atoms with Gasteiger partial charge in [0.25, 0.3) is 0 Å². The van der Waals surface area contributed by atoms with E-state index in [9.17, 15) is 14.4 Å². The molecule has 5 aliphatic carbocycles. The van der Waals surface area contributed by atoms with Crippen molar-refractivity contribution in [2.24, 2.45) is 41.4 Å². The average molecular weight is 459 g/mol. The molecule has 3 saturated carbocycles. The molecule has 1 aromatic carbocycles. The van der Waals surface area contributed by atoms with Crippen LogP contribution in [0.5, 0.6) is 0 Å². The number of carbonyl (C=O) groups excluding carboxylic acids is 3. The first kappa shape index (κ1) is 19.8. The summed E-state index contributed by atoms with van der Waals surface area (Å²) in [7, 11) is 0. The van der Waals surface area contributed by atoms with Gasteiger partial charge < -0.3 is 5.32 Å². The molecule has 31 heavy (non-hydrogen) atoms. The van der Waals surface area contributed by atoms with Crippen LogP contribution in [0.25, 0.3) is 0 Å². The molecule has 2 bridgehead atoms.